The Labute approximate surface area is 106 Å². The van der Waals surface area contributed by atoms with Crippen LogP contribution in [0.5, 0.6) is 0 Å². The Morgan fingerprint density at radius 3 is 2.76 bits per heavy atom. The normalized spacial score (nSPS) is 13.9. The Balaban J connectivity index is 2.67. The smallest absolute Gasteiger partial charge is 0.261 e. The van der Waals surface area contributed by atoms with Gasteiger partial charge in [-0.3, -0.25) is 0 Å². The molecule has 0 saturated carbocycles. The standard InChI is InChI=1S/C9H16ClN3O3S/c1-3-7(14)4-5-12-17(15,16)9-8(10)13(2)6-11-9/h6-7,12,14H,3-5H2,1-2H3. The molecule has 0 bridgehead atoms. The fourth-order valence-corrected chi connectivity index (χ4v) is 2.68. The number of nitrogens with zero attached hydrogens (tertiary/aromatic N) is 2. The lowest BCUT2D eigenvalue weighted by Crippen LogP contribution is -2.27. The van der Waals surface area contributed by atoms with Crippen LogP contribution in [0.2, 0.25) is 5.15 Å². The molecule has 0 aliphatic carbocycles. The molecule has 0 radical (unpaired) electrons. The van der Waals surface area contributed by atoms with E-state index in [-0.39, 0.29) is 16.7 Å². The number of aliphatic hydroxyl groups excluding tert-OH is 1. The van der Waals surface area contributed by atoms with E-state index in [9.17, 15) is 13.5 Å². The number of imidazole rings is 1. The van der Waals surface area contributed by atoms with Gasteiger partial charge >= 0.3 is 0 Å². The molecule has 6 nitrogen and oxygen atoms in total. The Hall–Kier alpha value is -0.630. The van der Waals surface area contributed by atoms with Crippen molar-refractivity contribution in [3.05, 3.63) is 11.5 Å². The zero-order valence-corrected chi connectivity index (χ0v) is 11.3. The summed E-state index contributed by atoms with van der Waals surface area (Å²) in [6.07, 6.45) is 1.78. The second-order valence-corrected chi connectivity index (χ2v) is 5.74. The molecule has 0 spiro atoms. The van der Waals surface area contributed by atoms with Crippen molar-refractivity contribution in [3.8, 4) is 0 Å². The van der Waals surface area contributed by atoms with Crippen LogP contribution < -0.4 is 4.72 Å². The van der Waals surface area contributed by atoms with Crippen molar-refractivity contribution in [2.45, 2.75) is 30.9 Å². The maximum absolute atomic E-state index is 11.8. The van der Waals surface area contributed by atoms with Gasteiger partial charge in [-0.15, -0.1) is 0 Å². The summed E-state index contributed by atoms with van der Waals surface area (Å²) >= 11 is 5.79. The third-order valence-corrected chi connectivity index (χ3v) is 4.28. The summed E-state index contributed by atoms with van der Waals surface area (Å²) in [6.45, 7) is 1.99. The van der Waals surface area contributed by atoms with Gasteiger partial charge in [-0.05, 0) is 12.8 Å². The lowest BCUT2D eigenvalue weighted by molar-refractivity contribution is 0.162. The summed E-state index contributed by atoms with van der Waals surface area (Å²) in [5.41, 5.74) is 0. The first-order valence-corrected chi connectivity index (χ1v) is 7.09. The summed E-state index contributed by atoms with van der Waals surface area (Å²) in [5.74, 6) is 0. The lowest BCUT2D eigenvalue weighted by Gasteiger charge is -2.08. The number of aromatic nitrogens is 2. The Morgan fingerprint density at radius 2 is 2.29 bits per heavy atom. The van der Waals surface area contributed by atoms with Crippen LogP contribution in [-0.4, -0.2) is 35.7 Å². The highest BCUT2D eigenvalue weighted by Crippen LogP contribution is 2.18. The van der Waals surface area contributed by atoms with Gasteiger partial charge in [0.05, 0.1) is 12.4 Å². The SMILES string of the molecule is CCC(O)CCNS(=O)(=O)c1ncn(C)c1Cl. The van der Waals surface area contributed by atoms with Crippen molar-refractivity contribution in [3.63, 3.8) is 0 Å². The molecule has 1 atom stereocenters. The largest absolute Gasteiger partial charge is 0.393 e. The predicted molar refractivity (Wildman–Crippen MR) is 64.3 cm³/mol. The molecule has 0 aromatic carbocycles. The highest BCUT2D eigenvalue weighted by molar-refractivity contribution is 7.89. The maximum Gasteiger partial charge on any atom is 0.261 e. The summed E-state index contributed by atoms with van der Waals surface area (Å²) in [7, 11) is -2.09. The van der Waals surface area contributed by atoms with Crippen molar-refractivity contribution < 1.29 is 13.5 Å². The number of hydrogen-bond donors (Lipinski definition) is 2. The van der Waals surface area contributed by atoms with Gasteiger partial charge in [-0.1, -0.05) is 18.5 Å². The number of rotatable bonds is 6. The predicted octanol–water partition coefficient (Wildman–Crippen LogP) is 0.513. The van der Waals surface area contributed by atoms with Crippen LogP contribution in [-0.2, 0) is 17.1 Å². The van der Waals surface area contributed by atoms with E-state index in [0.717, 1.165) is 0 Å². The molecular formula is C9H16ClN3O3S. The first kappa shape index (κ1) is 14.4. The van der Waals surface area contributed by atoms with Gasteiger partial charge in [-0.2, -0.15) is 0 Å². The Kier molecular flexibility index (Phi) is 4.93. The quantitative estimate of drug-likeness (QED) is 0.796. The first-order valence-electron chi connectivity index (χ1n) is 5.23. The van der Waals surface area contributed by atoms with E-state index in [1.807, 2.05) is 6.92 Å². The number of sulfonamides is 1. The summed E-state index contributed by atoms with van der Waals surface area (Å²) < 4.78 is 27.3. The molecule has 1 unspecified atom stereocenters. The van der Waals surface area contributed by atoms with Gasteiger partial charge in [0.15, 0.2) is 0 Å². The van der Waals surface area contributed by atoms with Crippen molar-refractivity contribution in [2.24, 2.45) is 7.05 Å². The fourth-order valence-electron chi connectivity index (χ4n) is 1.21. The second-order valence-electron chi connectivity index (χ2n) is 3.70. The number of hydrogen-bond acceptors (Lipinski definition) is 4. The lowest BCUT2D eigenvalue weighted by atomic mass is 10.2. The molecule has 0 fully saturated rings. The van der Waals surface area contributed by atoms with E-state index >= 15 is 0 Å². The van der Waals surface area contributed by atoms with Crippen molar-refractivity contribution in [1.29, 1.82) is 0 Å². The van der Waals surface area contributed by atoms with E-state index < -0.39 is 16.1 Å². The highest BCUT2D eigenvalue weighted by atomic mass is 35.5. The van der Waals surface area contributed by atoms with E-state index in [1.165, 1.54) is 10.9 Å². The van der Waals surface area contributed by atoms with E-state index in [4.69, 9.17) is 11.6 Å². The average molecular weight is 282 g/mol. The van der Waals surface area contributed by atoms with Gasteiger partial charge < -0.3 is 9.67 Å². The number of aliphatic hydroxyl groups is 1. The highest BCUT2D eigenvalue weighted by Gasteiger charge is 2.21. The molecule has 98 valence electrons. The average Bonchev–Trinajstić information content (AvgIpc) is 2.59. The van der Waals surface area contributed by atoms with Crippen molar-refractivity contribution >= 4 is 21.6 Å². The topological polar surface area (TPSA) is 84.2 Å². The molecule has 8 heteroatoms. The zero-order chi connectivity index (χ0) is 13.1. The first-order chi connectivity index (χ1) is 7.88. The maximum atomic E-state index is 11.8. The number of nitrogens with one attached hydrogen (secondary N) is 1. The monoisotopic (exact) mass is 281 g/mol. The van der Waals surface area contributed by atoms with Crippen molar-refractivity contribution in [2.75, 3.05) is 6.54 Å². The third kappa shape index (κ3) is 3.67. The minimum absolute atomic E-state index is 0.0635. The number of aryl methyl sites for hydroxylation is 1. The molecule has 0 aliphatic heterocycles. The molecule has 1 aromatic rings. The minimum atomic E-state index is -3.70. The van der Waals surface area contributed by atoms with Crippen LogP contribution in [0.4, 0.5) is 0 Å². The molecule has 17 heavy (non-hydrogen) atoms. The van der Waals surface area contributed by atoms with Gasteiger partial charge in [0.2, 0.25) is 5.03 Å². The summed E-state index contributed by atoms with van der Waals surface area (Å²) in [5, 5.41) is 9.18. The number of halogens is 1. The summed E-state index contributed by atoms with van der Waals surface area (Å²) in [4.78, 5) is 3.72. The van der Waals surface area contributed by atoms with Crippen LogP contribution in [0.1, 0.15) is 19.8 Å². The van der Waals surface area contributed by atoms with E-state index in [2.05, 4.69) is 9.71 Å². The fraction of sp³-hybridized carbons (Fsp3) is 0.667. The molecule has 0 aliphatic rings. The van der Waals surface area contributed by atoms with Gasteiger partial charge in [0, 0.05) is 13.6 Å². The molecule has 1 rings (SSSR count). The van der Waals surface area contributed by atoms with E-state index in [1.54, 1.807) is 7.05 Å². The zero-order valence-electron chi connectivity index (χ0n) is 9.72. The molecule has 0 saturated heterocycles. The van der Waals surface area contributed by atoms with Gasteiger partial charge in [0.25, 0.3) is 10.0 Å². The van der Waals surface area contributed by atoms with Gasteiger partial charge in [0.1, 0.15) is 5.15 Å². The molecule has 1 heterocycles. The minimum Gasteiger partial charge on any atom is -0.393 e. The second kappa shape index (κ2) is 5.81. The van der Waals surface area contributed by atoms with Crippen LogP contribution in [0.25, 0.3) is 0 Å². The summed E-state index contributed by atoms with van der Waals surface area (Å²) in [6, 6.07) is 0. The van der Waals surface area contributed by atoms with Crippen LogP contribution in [0, 0.1) is 0 Å². The van der Waals surface area contributed by atoms with E-state index in [0.29, 0.717) is 12.8 Å². The van der Waals surface area contributed by atoms with Crippen LogP contribution in [0.3, 0.4) is 0 Å². The van der Waals surface area contributed by atoms with Crippen LogP contribution >= 0.6 is 11.6 Å². The molecule has 2 N–H and O–H groups in total. The molecule has 1 aromatic heterocycles. The Bertz CT molecular complexity index is 472. The molecular weight excluding hydrogens is 266 g/mol. The Morgan fingerprint density at radius 1 is 1.65 bits per heavy atom. The molecule has 0 amide bonds. The van der Waals surface area contributed by atoms with Crippen LogP contribution in [0.15, 0.2) is 11.4 Å². The van der Waals surface area contributed by atoms with Gasteiger partial charge in [-0.25, -0.2) is 18.1 Å². The third-order valence-electron chi connectivity index (χ3n) is 2.33. The van der Waals surface area contributed by atoms with Crippen molar-refractivity contribution in [1.82, 2.24) is 14.3 Å².